The molecule has 0 bridgehead atoms. The van der Waals surface area contributed by atoms with Crippen molar-refractivity contribution < 1.29 is 14.3 Å². The van der Waals surface area contributed by atoms with E-state index in [0.29, 0.717) is 23.3 Å². The van der Waals surface area contributed by atoms with E-state index in [4.69, 9.17) is 4.74 Å². The van der Waals surface area contributed by atoms with Gasteiger partial charge in [0.05, 0.1) is 11.9 Å². The van der Waals surface area contributed by atoms with E-state index in [9.17, 15) is 9.59 Å². The maximum atomic E-state index is 12.4. The molecule has 1 fully saturated rings. The maximum absolute atomic E-state index is 12.4. The number of ether oxygens (including phenoxy) is 1. The number of rotatable bonds is 2. The first kappa shape index (κ1) is 16.7. The number of carbonyl (C=O) groups excluding carboxylic acids is 2. The summed E-state index contributed by atoms with van der Waals surface area (Å²) in [5.74, 6) is -0.215. The number of likely N-dealkylation sites (tertiary alicyclic amines) is 1. The number of halogens is 1. The van der Waals surface area contributed by atoms with Crippen molar-refractivity contribution in [3.8, 4) is 0 Å². The van der Waals surface area contributed by atoms with E-state index in [0.717, 1.165) is 6.42 Å². The van der Waals surface area contributed by atoms with Crippen LogP contribution in [0.25, 0.3) is 0 Å². The van der Waals surface area contributed by atoms with Crippen LogP contribution in [0.5, 0.6) is 0 Å². The van der Waals surface area contributed by atoms with Crippen molar-refractivity contribution >= 4 is 33.6 Å². The van der Waals surface area contributed by atoms with Crippen molar-refractivity contribution in [1.82, 2.24) is 9.88 Å². The van der Waals surface area contributed by atoms with Crippen LogP contribution in [0.3, 0.4) is 0 Å². The molecule has 22 heavy (non-hydrogen) atoms. The number of hydrogen-bond acceptors (Lipinski definition) is 4. The van der Waals surface area contributed by atoms with Crippen molar-refractivity contribution in [2.45, 2.75) is 45.3 Å². The third kappa shape index (κ3) is 4.43. The highest BCUT2D eigenvalue weighted by Gasteiger charge is 2.36. The molecule has 2 rings (SSSR count). The summed E-state index contributed by atoms with van der Waals surface area (Å²) in [5, 5.41) is 2.79. The van der Waals surface area contributed by atoms with Crippen LogP contribution in [0.15, 0.2) is 22.9 Å². The van der Waals surface area contributed by atoms with Gasteiger partial charge < -0.3 is 10.1 Å². The molecule has 1 aromatic heterocycles. The van der Waals surface area contributed by atoms with E-state index in [1.807, 2.05) is 20.8 Å². The van der Waals surface area contributed by atoms with Gasteiger partial charge in [-0.3, -0.25) is 9.69 Å². The number of anilines is 1. The largest absolute Gasteiger partial charge is 0.444 e. The van der Waals surface area contributed by atoms with Crippen LogP contribution in [-0.4, -0.2) is 40.1 Å². The minimum Gasteiger partial charge on any atom is -0.444 e. The van der Waals surface area contributed by atoms with E-state index in [2.05, 4.69) is 26.2 Å². The van der Waals surface area contributed by atoms with E-state index in [1.54, 1.807) is 18.3 Å². The van der Waals surface area contributed by atoms with Crippen LogP contribution in [-0.2, 0) is 9.53 Å². The third-order valence-electron chi connectivity index (χ3n) is 3.18. The first-order chi connectivity index (χ1) is 10.3. The van der Waals surface area contributed by atoms with Gasteiger partial charge in [-0.15, -0.1) is 0 Å². The zero-order valence-electron chi connectivity index (χ0n) is 12.9. The molecule has 0 aromatic carbocycles. The Bertz CT molecular complexity index is 554. The molecule has 120 valence electrons. The Morgan fingerprint density at radius 2 is 2.14 bits per heavy atom. The van der Waals surface area contributed by atoms with E-state index < -0.39 is 17.7 Å². The van der Waals surface area contributed by atoms with Crippen LogP contribution in [0.4, 0.5) is 10.5 Å². The van der Waals surface area contributed by atoms with Crippen molar-refractivity contribution in [2.24, 2.45) is 0 Å². The van der Waals surface area contributed by atoms with Gasteiger partial charge >= 0.3 is 6.09 Å². The second-order valence-electron chi connectivity index (χ2n) is 6.19. The Labute approximate surface area is 138 Å². The van der Waals surface area contributed by atoms with Gasteiger partial charge in [-0.1, -0.05) is 0 Å². The average molecular weight is 370 g/mol. The first-order valence-corrected chi connectivity index (χ1v) is 7.97. The molecule has 0 radical (unpaired) electrons. The summed E-state index contributed by atoms with van der Waals surface area (Å²) in [7, 11) is 0. The smallest absolute Gasteiger partial charge is 0.410 e. The minimum absolute atomic E-state index is 0.215. The molecule has 1 aromatic rings. The SMILES string of the molecule is CC(C)(C)OC(=O)N1CCC[C@H]1C(=O)Nc1ccc(Br)nc1. The van der Waals surface area contributed by atoms with Crippen molar-refractivity contribution in [1.29, 1.82) is 0 Å². The Hall–Kier alpha value is -1.63. The van der Waals surface area contributed by atoms with Crippen molar-refractivity contribution in [3.05, 3.63) is 22.9 Å². The summed E-state index contributed by atoms with van der Waals surface area (Å²) in [5.41, 5.74) is 0.0281. The predicted octanol–water partition coefficient (Wildman–Crippen LogP) is 3.18. The number of nitrogens with one attached hydrogen (secondary N) is 1. The second kappa shape index (κ2) is 6.64. The summed E-state index contributed by atoms with van der Waals surface area (Å²) in [4.78, 5) is 30.1. The molecule has 2 amide bonds. The zero-order valence-corrected chi connectivity index (χ0v) is 14.5. The molecule has 0 saturated carbocycles. The van der Waals surface area contributed by atoms with Crippen LogP contribution in [0.2, 0.25) is 0 Å². The number of nitrogens with zero attached hydrogens (tertiary/aromatic N) is 2. The minimum atomic E-state index is -0.573. The first-order valence-electron chi connectivity index (χ1n) is 7.18. The Morgan fingerprint density at radius 1 is 1.41 bits per heavy atom. The molecule has 0 aliphatic carbocycles. The van der Waals surface area contributed by atoms with Crippen molar-refractivity contribution in [2.75, 3.05) is 11.9 Å². The highest BCUT2D eigenvalue weighted by Crippen LogP contribution is 2.22. The molecule has 0 spiro atoms. The molecular weight excluding hydrogens is 350 g/mol. The van der Waals surface area contributed by atoms with E-state index >= 15 is 0 Å². The quantitative estimate of drug-likeness (QED) is 0.812. The molecule has 1 N–H and O–H groups in total. The van der Waals surface area contributed by atoms with Crippen LogP contribution in [0.1, 0.15) is 33.6 Å². The average Bonchev–Trinajstić information content (AvgIpc) is 2.89. The summed E-state index contributed by atoms with van der Waals surface area (Å²) >= 11 is 3.24. The molecule has 2 heterocycles. The van der Waals surface area contributed by atoms with E-state index in [1.165, 1.54) is 4.90 Å². The monoisotopic (exact) mass is 369 g/mol. The molecule has 1 atom stereocenters. The lowest BCUT2D eigenvalue weighted by molar-refractivity contribution is -0.120. The van der Waals surface area contributed by atoms with Crippen LogP contribution in [0, 0.1) is 0 Å². The number of aromatic nitrogens is 1. The molecule has 7 heteroatoms. The van der Waals surface area contributed by atoms with Gasteiger partial charge in [0.1, 0.15) is 16.2 Å². The predicted molar refractivity (Wildman–Crippen MR) is 86.5 cm³/mol. The lowest BCUT2D eigenvalue weighted by atomic mass is 10.2. The standard InChI is InChI=1S/C15H20BrN3O3/c1-15(2,3)22-14(21)19-8-4-5-11(19)13(20)18-10-6-7-12(16)17-9-10/h6-7,9,11H,4-5,8H2,1-3H3,(H,18,20)/t11-/m0/s1. The highest BCUT2D eigenvalue weighted by atomic mass is 79.9. The maximum Gasteiger partial charge on any atom is 0.410 e. The number of hydrogen-bond donors (Lipinski definition) is 1. The van der Waals surface area contributed by atoms with Gasteiger partial charge in [-0.05, 0) is 61.7 Å². The molecule has 0 unspecified atom stereocenters. The second-order valence-corrected chi connectivity index (χ2v) is 7.00. The van der Waals surface area contributed by atoms with E-state index in [-0.39, 0.29) is 5.91 Å². The van der Waals surface area contributed by atoms with Gasteiger partial charge in [-0.2, -0.15) is 0 Å². The lowest BCUT2D eigenvalue weighted by Gasteiger charge is -2.28. The normalized spacial score (nSPS) is 18.2. The fourth-order valence-corrected chi connectivity index (χ4v) is 2.49. The molecule has 1 saturated heterocycles. The molecular formula is C15H20BrN3O3. The number of pyridine rings is 1. The van der Waals surface area contributed by atoms with Gasteiger partial charge in [0.2, 0.25) is 5.91 Å². The highest BCUT2D eigenvalue weighted by molar-refractivity contribution is 9.10. The Balaban J connectivity index is 2.01. The van der Waals surface area contributed by atoms with Crippen LogP contribution < -0.4 is 5.32 Å². The summed E-state index contributed by atoms with van der Waals surface area (Å²) in [6, 6.07) is 3.00. The van der Waals surface area contributed by atoms with Gasteiger partial charge in [0.25, 0.3) is 0 Å². The number of amides is 2. The summed E-state index contributed by atoms with van der Waals surface area (Å²) < 4.78 is 6.05. The molecule has 1 aliphatic rings. The molecule has 6 nitrogen and oxygen atoms in total. The summed E-state index contributed by atoms with van der Waals surface area (Å²) in [6.45, 7) is 5.96. The Morgan fingerprint density at radius 3 is 2.73 bits per heavy atom. The molecule has 1 aliphatic heterocycles. The van der Waals surface area contributed by atoms with Gasteiger partial charge in [-0.25, -0.2) is 9.78 Å². The van der Waals surface area contributed by atoms with Crippen molar-refractivity contribution in [3.63, 3.8) is 0 Å². The fraction of sp³-hybridized carbons (Fsp3) is 0.533. The van der Waals surface area contributed by atoms with Crippen LogP contribution >= 0.6 is 15.9 Å². The summed E-state index contributed by atoms with van der Waals surface area (Å²) in [6.07, 6.45) is 2.54. The zero-order chi connectivity index (χ0) is 16.3. The lowest BCUT2D eigenvalue weighted by Crippen LogP contribution is -2.45. The third-order valence-corrected chi connectivity index (χ3v) is 3.65. The fourth-order valence-electron chi connectivity index (χ4n) is 2.25. The topological polar surface area (TPSA) is 71.5 Å². The van der Waals surface area contributed by atoms with Gasteiger partial charge in [0.15, 0.2) is 0 Å². The Kier molecular flexibility index (Phi) is 5.05. The number of carbonyl (C=O) groups is 2. The van der Waals surface area contributed by atoms with Gasteiger partial charge in [0, 0.05) is 6.54 Å².